The molecule has 0 aromatic carbocycles. The first-order valence-corrected chi connectivity index (χ1v) is 6.45. The van der Waals surface area contributed by atoms with Crippen molar-refractivity contribution < 1.29 is 0 Å². The van der Waals surface area contributed by atoms with E-state index in [1.165, 1.54) is 11.8 Å². The molecule has 0 saturated carbocycles. The molecule has 0 radical (unpaired) electrons. The summed E-state index contributed by atoms with van der Waals surface area (Å²) in [6.45, 7) is 0. The molecule has 1 aromatic heterocycles. The smallest absolute Gasteiger partial charge is 0.134 e. The third-order valence-corrected chi connectivity index (χ3v) is 4.17. The Hall–Kier alpha value is -2.06. The van der Waals surface area contributed by atoms with Crippen LogP contribution in [0.3, 0.4) is 0 Å². The number of aliphatic imine (C=N–C) groups is 1. The zero-order valence-corrected chi connectivity index (χ0v) is 10.3. The summed E-state index contributed by atoms with van der Waals surface area (Å²) in [5.74, 6) is 0. The quantitative estimate of drug-likeness (QED) is 0.826. The molecule has 0 spiro atoms. The lowest BCUT2D eigenvalue weighted by Gasteiger charge is -2.13. The van der Waals surface area contributed by atoms with Crippen molar-refractivity contribution in [1.82, 2.24) is 4.98 Å². The lowest BCUT2D eigenvalue weighted by molar-refractivity contribution is 1.07. The normalized spacial score (nSPS) is 25.6. The van der Waals surface area contributed by atoms with Gasteiger partial charge < -0.3 is 5.73 Å². The van der Waals surface area contributed by atoms with E-state index in [2.05, 4.69) is 16.0 Å². The van der Waals surface area contributed by atoms with Crippen LogP contribution in [0.5, 0.6) is 0 Å². The van der Waals surface area contributed by atoms with Gasteiger partial charge in [-0.25, -0.2) is 0 Å². The van der Waals surface area contributed by atoms with Gasteiger partial charge in [-0.15, -0.1) is 11.8 Å². The molecule has 2 N–H and O–H groups in total. The van der Waals surface area contributed by atoms with Crippen molar-refractivity contribution in [2.45, 2.75) is 10.6 Å². The van der Waals surface area contributed by atoms with Crippen LogP contribution in [0.1, 0.15) is 5.56 Å². The van der Waals surface area contributed by atoms with Crippen LogP contribution in [0.4, 0.5) is 0 Å². The van der Waals surface area contributed by atoms with E-state index in [9.17, 15) is 0 Å². The number of aromatic nitrogens is 1. The monoisotopic (exact) mass is 254 g/mol. The van der Waals surface area contributed by atoms with Gasteiger partial charge in [0.2, 0.25) is 0 Å². The second kappa shape index (κ2) is 4.31. The predicted octanol–water partition coefficient (Wildman–Crippen LogP) is 1.62. The van der Waals surface area contributed by atoms with Crippen LogP contribution in [0.2, 0.25) is 0 Å². The zero-order chi connectivity index (χ0) is 12.5. The zero-order valence-electron chi connectivity index (χ0n) is 9.45. The van der Waals surface area contributed by atoms with E-state index in [1.54, 1.807) is 12.4 Å². The average Bonchev–Trinajstić information content (AvgIpc) is 2.76. The van der Waals surface area contributed by atoms with E-state index in [0.29, 0.717) is 5.70 Å². The van der Waals surface area contributed by atoms with Gasteiger partial charge in [0.05, 0.1) is 11.8 Å². The van der Waals surface area contributed by atoms with Crippen LogP contribution in [0, 0.1) is 11.3 Å². The van der Waals surface area contributed by atoms with Crippen LogP contribution < -0.4 is 5.73 Å². The van der Waals surface area contributed by atoms with Gasteiger partial charge in [0.15, 0.2) is 0 Å². The van der Waals surface area contributed by atoms with Crippen molar-refractivity contribution in [2.24, 2.45) is 10.7 Å². The summed E-state index contributed by atoms with van der Waals surface area (Å²) in [6.07, 6.45) is 7.39. The molecular weight excluding hydrogens is 244 g/mol. The molecule has 2 aliphatic rings. The van der Waals surface area contributed by atoms with E-state index in [0.717, 1.165) is 16.8 Å². The van der Waals surface area contributed by atoms with Gasteiger partial charge >= 0.3 is 0 Å². The molecule has 2 unspecified atom stereocenters. The third-order valence-electron chi connectivity index (χ3n) is 2.92. The van der Waals surface area contributed by atoms with Gasteiger partial charge in [-0.3, -0.25) is 9.98 Å². The van der Waals surface area contributed by atoms with Crippen molar-refractivity contribution in [1.29, 1.82) is 5.26 Å². The van der Waals surface area contributed by atoms with Gasteiger partial charge in [-0.1, -0.05) is 6.08 Å². The maximum Gasteiger partial charge on any atom is 0.134 e. The number of dihydropyridines is 1. The summed E-state index contributed by atoms with van der Waals surface area (Å²) in [5.41, 5.74) is 9.47. The lowest BCUT2D eigenvalue weighted by Crippen LogP contribution is -2.11. The minimum atomic E-state index is -0.282. The number of nitrogens with zero attached hydrogens (tertiary/aromatic N) is 3. The predicted molar refractivity (Wildman–Crippen MR) is 71.9 cm³/mol. The molecule has 88 valence electrons. The maximum absolute atomic E-state index is 9.00. The van der Waals surface area contributed by atoms with Crippen molar-refractivity contribution in [3.05, 3.63) is 53.5 Å². The van der Waals surface area contributed by atoms with Crippen LogP contribution in [0.15, 0.2) is 52.9 Å². The Bertz CT molecular complexity index is 610. The molecule has 4 nitrogen and oxygen atoms in total. The summed E-state index contributed by atoms with van der Waals surface area (Å²) >= 11 is 1.49. The Morgan fingerprint density at radius 2 is 2.06 bits per heavy atom. The summed E-state index contributed by atoms with van der Waals surface area (Å²) in [7, 11) is 0. The highest BCUT2D eigenvalue weighted by atomic mass is 32.2. The third kappa shape index (κ3) is 1.71. The van der Waals surface area contributed by atoms with Crippen molar-refractivity contribution in [3.8, 4) is 6.07 Å². The fourth-order valence-corrected chi connectivity index (χ4v) is 3.12. The SMILES string of the molecule is N#CC1SC2N=C(c3ccncc3)C=CC2=C1N. The van der Waals surface area contributed by atoms with E-state index in [4.69, 9.17) is 11.0 Å². The molecule has 0 aliphatic carbocycles. The first-order chi connectivity index (χ1) is 8.79. The molecule has 18 heavy (non-hydrogen) atoms. The number of fused-ring (bicyclic) bond motifs is 1. The molecule has 5 heteroatoms. The summed E-state index contributed by atoms with van der Waals surface area (Å²) in [4.78, 5) is 8.63. The summed E-state index contributed by atoms with van der Waals surface area (Å²) in [6, 6.07) is 6.03. The molecule has 3 rings (SSSR count). The number of pyridine rings is 1. The molecule has 0 fully saturated rings. The first-order valence-electron chi connectivity index (χ1n) is 5.50. The van der Waals surface area contributed by atoms with Crippen molar-refractivity contribution in [3.63, 3.8) is 0 Å². The maximum atomic E-state index is 9.00. The molecular formula is C13H10N4S. The summed E-state index contributed by atoms with van der Waals surface area (Å²) < 4.78 is 0. The Balaban J connectivity index is 1.96. The van der Waals surface area contributed by atoms with Gasteiger partial charge in [0.25, 0.3) is 0 Å². The van der Waals surface area contributed by atoms with Crippen LogP contribution >= 0.6 is 11.8 Å². The number of rotatable bonds is 1. The number of hydrogen-bond acceptors (Lipinski definition) is 5. The Morgan fingerprint density at radius 1 is 1.28 bits per heavy atom. The molecule has 0 saturated heterocycles. The number of nitrogens with two attached hydrogens (primary N) is 1. The van der Waals surface area contributed by atoms with Gasteiger partial charge in [-0.05, 0) is 18.2 Å². The molecule has 2 aliphatic heterocycles. The molecule has 2 atom stereocenters. The number of allylic oxidation sites excluding steroid dienone is 1. The molecule has 0 bridgehead atoms. The fraction of sp³-hybridized carbons (Fsp3) is 0.154. The van der Waals surface area contributed by atoms with E-state index < -0.39 is 0 Å². The van der Waals surface area contributed by atoms with Crippen LogP contribution in [-0.4, -0.2) is 21.3 Å². The molecule has 0 amide bonds. The van der Waals surface area contributed by atoms with Gasteiger partial charge in [0, 0.05) is 29.2 Å². The van der Waals surface area contributed by atoms with Crippen molar-refractivity contribution >= 4 is 17.5 Å². The molecule has 3 heterocycles. The average molecular weight is 254 g/mol. The van der Waals surface area contributed by atoms with Gasteiger partial charge in [-0.2, -0.15) is 5.26 Å². The topological polar surface area (TPSA) is 75.1 Å². The van der Waals surface area contributed by atoms with Crippen LogP contribution in [-0.2, 0) is 0 Å². The second-order valence-corrected chi connectivity index (χ2v) is 5.18. The Kier molecular flexibility index (Phi) is 2.65. The highest BCUT2D eigenvalue weighted by molar-refractivity contribution is 8.01. The standard InChI is InChI=1S/C13H10N4S/c14-7-11-12(15)9-1-2-10(17-13(9)18-11)8-3-5-16-6-4-8/h1-6,11,13H,15H2. The summed E-state index contributed by atoms with van der Waals surface area (Å²) in [5, 5.41) is 8.67. The molecule has 1 aromatic rings. The Labute approximate surface area is 109 Å². The van der Waals surface area contributed by atoms with Gasteiger partial charge in [0.1, 0.15) is 10.6 Å². The number of thioether (sulfide) groups is 1. The number of nitriles is 1. The minimum absolute atomic E-state index is 0.0529. The van der Waals surface area contributed by atoms with E-state index in [1.807, 2.05) is 24.3 Å². The van der Waals surface area contributed by atoms with Crippen LogP contribution in [0.25, 0.3) is 0 Å². The minimum Gasteiger partial charge on any atom is -0.400 e. The highest BCUT2D eigenvalue weighted by Gasteiger charge is 2.33. The fourth-order valence-electron chi connectivity index (χ4n) is 1.98. The Morgan fingerprint density at radius 3 is 2.78 bits per heavy atom. The van der Waals surface area contributed by atoms with Crippen molar-refractivity contribution in [2.75, 3.05) is 0 Å². The second-order valence-electron chi connectivity index (χ2n) is 3.99. The first kappa shape index (κ1) is 11.1. The van der Waals surface area contributed by atoms with E-state index >= 15 is 0 Å². The largest absolute Gasteiger partial charge is 0.400 e. The lowest BCUT2D eigenvalue weighted by atomic mass is 10.0. The van der Waals surface area contributed by atoms with E-state index in [-0.39, 0.29) is 10.6 Å². The highest BCUT2D eigenvalue weighted by Crippen LogP contribution is 2.39. The number of hydrogen-bond donors (Lipinski definition) is 1.